The number of fused-ring (bicyclic) bond motifs is 1. The Morgan fingerprint density at radius 1 is 1.15 bits per heavy atom. The molecule has 4 rings (SSSR count). The molecule has 5 nitrogen and oxygen atoms in total. The van der Waals surface area contributed by atoms with Gasteiger partial charge in [-0.15, -0.1) is 5.10 Å². The van der Waals surface area contributed by atoms with Crippen LogP contribution >= 0.6 is 11.8 Å². The second-order valence-electron chi connectivity index (χ2n) is 6.54. The van der Waals surface area contributed by atoms with Crippen LogP contribution in [0.4, 0.5) is 0 Å². The van der Waals surface area contributed by atoms with Gasteiger partial charge in [0.05, 0.1) is 11.8 Å². The van der Waals surface area contributed by atoms with E-state index >= 15 is 0 Å². The zero-order valence-electron chi connectivity index (χ0n) is 14.8. The Bertz CT molecular complexity index is 880. The van der Waals surface area contributed by atoms with Crippen molar-refractivity contribution in [3.05, 3.63) is 59.7 Å². The van der Waals surface area contributed by atoms with Crippen molar-refractivity contribution in [1.29, 1.82) is 0 Å². The Morgan fingerprint density at radius 3 is 2.92 bits per heavy atom. The summed E-state index contributed by atoms with van der Waals surface area (Å²) in [5, 5.41) is 13.0. The van der Waals surface area contributed by atoms with E-state index in [1.54, 1.807) is 11.8 Å². The molecule has 0 amide bonds. The minimum absolute atomic E-state index is 0.317. The van der Waals surface area contributed by atoms with Gasteiger partial charge in [-0.05, 0) is 66.3 Å². The van der Waals surface area contributed by atoms with Crippen molar-refractivity contribution in [3.8, 4) is 11.4 Å². The molecule has 2 aromatic carbocycles. The zero-order valence-corrected chi connectivity index (χ0v) is 15.7. The second-order valence-corrected chi connectivity index (χ2v) is 7.60. The summed E-state index contributed by atoms with van der Waals surface area (Å²) in [6, 6.07) is 16.5. The fourth-order valence-corrected chi connectivity index (χ4v) is 4.12. The maximum absolute atomic E-state index is 6.12. The highest BCUT2D eigenvalue weighted by atomic mass is 32.2. The van der Waals surface area contributed by atoms with Gasteiger partial charge in [-0.3, -0.25) is 0 Å². The Morgan fingerprint density at radius 2 is 2.00 bits per heavy atom. The van der Waals surface area contributed by atoms with Gasteiger partial charge in [-0.25, -0.2) is 0 Å². The monoisotopic (exact) mass is 366 g/mol. The van der Waals surface area contributed by atoms with Crippen LogP contribution in [-0.4, -0.2) is 32.1 Å². The Labute approximate surface area is 157 Å². The number of ether oxygens (including phenoxy) is 1. The summed E-state index contributed by atoms with van der Waals surface area (Å²) in [4.78, 5) is 0. The standard InChI is InChI=1S/C20H22N4OS/c1-15-7-2-4-10-18(15)24-20(21-22-23-24)26-14-6-9-17-13-12-16-8-3-5-11-19(16)25-17/h2-5,7-8,10-11,17H,6,9,12-14H2,1H3. The number of hydrogen-bond donors (Lipinski definition) is 0. The van der Waals surface area contributed by atoms with Crippen molar-refractivity contribution in [2.75, 3.05) is 5.75 Å². The van der Waals surface area contributed by atoms with Crippen LogP contribution in [0.15, 0.2) is 53.7 Å². The number of benzene rings is 2. The molecule has 0 N–H and O–H groups in total. The van der Waals surface area contributed by atoms with Crippen LogP contribution in [0.1, 0.15) is 30.4 Å². The van der Waals surface area contributed by atoms with Crippen LogP contribution in [-0.2, 0) is 6.42 Å². The summed E-state index contributed by atoms with van der Waals surface area (Å²) >= 11 is 1.70. The highest BCUT2D eigenvalue weighted by Gasteiger charge is 2.19. The lowest BCUT2D eigenvalue weighted by molar-refractivity contribution is 0.163. The maximum atomic E-state index is 6.12. The molecule has 1 aromatic heterocycles. The maximum Gasteiger partial charge on any atom is 0.214 e. The molecule has 1 atom stereocenters. The molecule has 0 fully saturated rings. The summed E-state index contributed by atoms with van der Waals surface area (Å²) in [5.41, 5.74) is 3.53. The van der Waals surface area contributed by atoms with Crippen molar-refractivity contribution in [2.45, 2.75) is 43.9 Å². The van der Waals surface area contributed by atoms with Gasteiger partial charge in [0.1, 0.15) is 5.75 Å². The van der Waals surface area contributed by atoms with Gasteiger partial charge in [0.2, 0.25) is 5.16 Å². The predicted molar refractivity (Wildman–Crippen MR) is 103 cm³/mol. The number of aryl methyl sites for hydroxylation is 2. The quantitative estimate of drug-likeness (QED) is 0.482. The molecule has 26 heavy (non-hydrogen) atoms. The first-order chi connectivity index (χ1) is 12.8. The third kappa shape index (κ3) is 3.75. The van der Waals surface area contributed by atoms with E-state index < -0.39 is 0 Å². The molecule has 1 aliphatic heterocycles. The lowest BCUT2D eigenvalue weighted by Crippen LogP contribution is -2.22. The lowest BCUT2D eigenvalue weighted by Gasteiger charge is -2.26. The van der Waals surface area contributed by atoms with E-state index in [1.165, 1.54) is 5.56 Å². The lowest BCUT2D eigenvalue weighted by atomic mass is 10.00. The molecule has 1 aliphatic rings. The van der Waals surface area contributed by atoms with Crippen molar-refractivity contribution >= 4 is 11.8 Å². The van der Waals surface area contributed by atoms with E-state index in [2.05, 4.69) is 46.7 Å². The van der Waals surface area contributed by atoms with Gasteiger partial charge >= 0.3 is 0 Å². The van der Waals surface area contributed by atoms with Crippen LogP contribution in [0, 0.1) is 6.92 Å². The number of tetrazole rings is 1. The fourth-order valence-electron chi connectivity index (χ4n) is 3.28. The number of nitrogens with zero attached hydrogens (tertiary/aromatic N) is 4. The highest BCUT2D eigenvalue weighted by molar-refractivity contribution is 7.99. The van der Waals surface area contributed by atoms with Crippen LogP contribution < -0.4 is 4.74 Å². The molecule has 1 unspecified atom stereocenters. The van der Waals surface area contributed by atoms with Gasteiger partial charge in [0.25, 0.3) is 0 Å². The van der Waals surface area contributed by atoms with Gasteiger partial charge in [-0.2, -0.15) is 4.68 Å². The highest BCUT2D eigenvalue weighted by Crippen LogP contribution is 2.29. The molecule has 2 heterocycles. The normalized spacial score (nSPS) is 16.1. The van der Waals surface area contributed by atoms with E-state index in [4.69, 9.17) is 4.74 Å². The molecule has 0 saturated heterocycles. The van der Waals surface area contributed by atoms with Crippen molar-refractivity contribution in [3.63, 3.8) is 0 Å². The topological polar surface area (TPSA) is 52.8 Å². The first-order valence-electron chi connectivity index (χ1n) is 9.03. The molecular weight excluding hydrogens is 344 g/mol. The molecular formula is C20H22N4OS. The van der Waals surface area contributed by atoms with Crippen LogP contribution in [0.3, 0.4) is 0 Å². The molecule has 0 saturated carbocycles. The van der Waals surface area contributed by atoms with E-state index in [1.807, 2.05) is 28.9 Å². The largest absolute Gasteiger partial charge is 0.490 e. The smallest absolute Gasteiger partial charge is 0.214 e. The Hall–Kier alpha value is -2.34. The summed E-state index contributed by atoms with van der Waals surface area (Å²) in [6.07, 6.45) is 4.67. The summed E-state index contributed by atoms with van der Waals surface area (Å²) in [6.45, 7) is 2.07. The van der Waals surface area contributed by atoms with Crippen LogP contribution in [0.5, 0.6) is 5.75 Å². The third-order valence-corrected chi connectivity index (χ3v) is 5.69. The molecule has 134 valence electrons. The number of hydrogen-bond acceptors (Lipinski definition) is 5. The first kappa shape index (κ1) is 17.1. The van der Waals surface area contributed by atoms with E-state index in [-0.39, 0.29) is 0 Å². The minimum Gasteiger partial charge on any atom is -0.490 e. The minimum atomic E-state index is 0.317. The van der Waals surface area contributed by atoms with Gasteiger partial charge < -0.3 is 4.74 Å². The van der Waals surface area contributed by atoms with Crippen LogP contribution in [0.25, 0.3) is 5.69 Å². The number of thioether (sulfide) groups is 1. The Balaban J connectivity index is 1.30. The number of rotatable bonds is 6. The molecule has 3 aromatic rings. The molecule has 0 radical (unpaired) electrons. The van der Waals surface area contributed by atoms with E-state index in [0.29, 0.717) is 6.10 Å². The first-order valence-corrected chi connectivity index (χ1v) is 10.0. The number of para-hydroxylation sites is 2. The Kier molecular flexibility index (Phi) is 5.20. The fraction of sp³-hybridized carbons (Fsp3) is 0.350. The second kappa shape index (κ2) is 7.91. The third-order valence-electron chi connectivity index (χ3n) is 4.69. The van der Waals surface area contributed by atoms with Crippen molar-refractivity contribution in [1.82, 2.24) is 20.2 Å². The zero-order chi connectivity index (χ0) is 17.8. The summed E-state index contributed by atoms with van der Waals surface area (Å²) in [7, 11) is 0. The van der Waals surface area contributed by atoms with E-state index in [0.717, 1.165) is 53.6 Å². The van der Waals surface area contributed by atoms with Crippen molar-refractivity contribution < 1.29 is 4.74 Å². The van der Waals surface area contributed by atoms with Gasteiger partial charge in [0.15, 0.2) is 0 Å². The number of aromatic nitrogens is 4. The van der Waals surface area contributed by atoms with Crippen molar-refractivity contribution in [2.24, 2.45) is 0 Å². The molecule has 0 spiro atoms. The average Bonchev–Trinajstić information content (AvgIpc) is 3.14. The van der Waals surface area contributed by atoms with E-state index in [9.17, 15) is 0 Å². The molecule has 6 heteroatoms. The van der Waals surface area contributed by atoms with Crippen LogP contribution in [0.2, 0.25) is 0 Å². The predicted octanol–water partition coefficient (Wildman–Crippen LogP) is 4.24. The SMILES string of the molecule is Cc1ccccc1-n1nnnc1SCCCC1CCc2ccccc2O1. The van der Waals surface area contributed by atoms with Gasteiger partial charge in [-0.1, -0.05) is 48.2 Å². The average molecular weight is 366 g/mol. The summed E-state index contributed by atoms with van der Waals surface area (Å²) < 4.78 is 7.95. The molecule has 0 bridgehead atoms. The summed E-state index contributed by atoms with van der Waals surface area (Å²) in [5.74, 6) is 2.04. The van der Waals surface area contributed by atoms with Gasteiger partial charge in [0, 0.05) is 5.75 Å². The molecule has 0 aliphatic carbocycles.